The third kappa shape index (κ3) is 5.17. The Bertz CT molecular complexity index is 1070. The molecular weight excluding hydrogens is 420 g/mol. The van der Waals surface area contributed by atoms with E-state index in [4.69, 9.17) is 0 Å². The van der Waals surface area contributed by atoms with Crippen LogP contribution in [-0.4, -0.2) is 47.0 Å². The van der Waals surface area contributed by atoms with Crippen LogP contribution < -0.4 is 0 Å². The number of allylic oxidation sites excluding steroid dienone is 3. The molecule has 2 aliphatic heterocycles. The van der Waals surface area contributed by atoms with Crippen LogP contribution in [0, 0.1) is 0 Å². The molecule has 1 saturated carbocycles. The number of carbonyl (C=O) groups excluding carboxylic acids is 2. The molecule has 4 heteroatoms. The molecule has 0 spiro atoms. The Morgan fingerprint density at radius 2 is 1.88 bits per heavy atom. The minimum absolute atomic E-state index is 0.0478. The third-order valence-corrected chi connectivity index (χ3v) is 7.85. The van der Waals surface area contributed by atoms with E-state index in [0.29, 0.717) is 18.8 Å². The number of likely N-dealkylation sites (tertiary alicyclic amines) is 1. The number of Topliss-reactive ketones (excluding diaryl/α,β-unsaturated/α-hetero) is 2. The fraction of sp³-hybridized carbons (Fsp3) is 0.467. The van der Waals surface area contributed by atoms with Crippen molar-refractivity contribution >= 4 is 17.3 Å². The maximum Gasteiger partial charge on any atom is 0.162 e. The number of nitrogens with zero attached hydrogens (tertiary/aromatic N) is 2. The summed E-state index contributed by atoms with van der Waals surface area (Å²) in [5.41, 5.74) is 8.49. The Balaban J connectivity index is 1.38. The summed E-state index contributed by atoms with van der Waals surface area (Å²) in [6, 6.07) is 6.60. The number of fused-ring (bicyclic) bond motifs is 1. The number of rotatable bonds is 6. The molecule has 3 aliphatic rings. The fourth-order valence-corrected chi connectivity index (χ4v) is 5.50. The second kappa shape index (κ2) is 10.3. The van der Waals surface area contributed by atoms with Gasteiger partial charge in [-0.2, -0.15) is 0 Å². The lowest BCUT2D eigenvalue weighted by molar-refractivity contribution is -0.132. The highest BCUT2D eigenvalue weighted by atomic mass is 16.2. The maximum atomic E-state index is 12.5. The van der Waals surface area contributed by atoms with Crippen LogP contribution in [0.3, 0.4) is 0 Å². The lowest BCUT2D eigenvalue weighted by atomic mass is 9.87. The molecule has 0 radical (unpaired) electrons. The molecule has 2 heterocycles. The quantitative estimate of drug-likeness (QED) is 0.398. The van der Waals surface area contributed by atoms with Crippen molar-refractivity contribution in [1.29, 1.82) is 0 Å². The number of carbonyl (C=O) groups is 2. The minimum atomic E-state index is -0.201. The zero-order chi connectivity index (χ0) is 24.4. The standard InChI is InChI=1S/C30H38N2O2/c1-6-23(15-21(4)20(2)3)18-31-13-11-24(12-14-31)25-7-9-28-22(5)32(19-26(28)16-25)29-10-8-27(33)17-30(29)34/h6-7,9,15-16,24,29H,2,5,8,10-14,17-19H2,1,3-4H3/b21-15+,23-6+. The number of piperidine rings is 1. The second-order valence-electron chi connectivity index (χ2n) is 10.2. The molecule has 0 aromatic heterocycles. The van der Waals surface area contributed by atoms with Crippen LogP contribution in [0.25, 0.3) is 5.70 Å². The van der Waals surface area contributed by atoms with Crippen LogP contribution in [0.2, 0.25) is 0 Å². The highest BCUT2D eigenvalue weighted by molar-refractivity contribution is 6.04. The molecule has 4 nitrogen and oxygen atoms in total. The van der Waals surface area contributed by atoms with Gasteiger partial charge in [0.05, 0.1) is 12.5 Å². The van der Waals surface area contributed by atoms with Gasteiger partial charge in [-0.15, -0.1) is 0 Å². The van der Waals surface area contributed by atoms with Gasteiger partial charge < -0.3 is 4.90 Å². The second-order valence-corrected chi connectivity index (χ2v) is 10.2. The molecule has 4 rings (SSSR count). The predicted octanol–water partition coefficient (Wildman–Crippen LogP) is 5.81. The Labute approximate surface area is 204 Å². The third-order valence-electron chi connectivity index (χ3n) is 7.85. The van der Waals surface area contributed by atoms with E-state index in [1.807, 2.05) is 0 Å². The molecule has 0 N–H and O–H groups in total. The molecule has 1 unspecified atom stereocenters. The van der Waals surface area contributed by atoms with Crippen molar-refractivity contribution in [2.75, 3.05) is 19.6 Å². The zero-order valence-corrected chi connectivity index (χ0v) is 21.0. The number of hydrogen-bond donors (Lipinski definition) is 0. The monoisotopic (exact) mass is 458 g/mol. The maximum absolute atomic E-state index is 12.5. The van der Waals surface area contributed by atoms with E-state index in [2.05, 4.69) is 74.1 Å². The van der Waals surface area contributed by atoms with Gasteiger partial charge in [-0.1, -0.05) is 49.1 Å². The van der Waals surface area contributed by atoms with Crippen molar-refractivity contribution in [3.05, 3.63) is 76.9 Å². The van der Waals surface area contributed by atoms with Crippen LogP contribution in [0.5, 0.6) is 0 Å². The zero-order valence-electron chi connectivity index (χ0n) is 21.0. The Kier molecular flexibility index (Phi) is 7.37. The van der Waals surface area contributed by atoms with Crippen LogP contribution in [0.4, 0.5) is 0 Å². The molecule has 1 aromatic carbocycles. The first-order valence-corrected chi connectivity index (χ1v) is 12.6. The smallest absolute Gasteiger partial charge is 0.162 e. The van der Waals surface area contributed by atoms with Gasteiger partial charge in [0.1, 0.15) is 5.78 Å². The summed E-state index contributed by atoms with van der Waals surface area (Å²) in [5.74, 6) is 0.687. The first-order chi connectivity index (χ1) is 16.3. The molecule has 1 saturated heterocycles. The molecule has 34 heavy (non-hydrogen) atoms. The molecule has 2 fully saturated rings. The molecule has 1 atom stereocenters. The molecular formula is C30H38N2O2. The summed E-state index contributed by atoms with van der Waals surface area (Å²) >= 11 is 0. The van der Waals surface area contributed by atoms with E-state index < -0.39 is 0 Å². The van der Waals surface area contributed by atoms with E-state index in [-0.39, 0.29) is 24.0 Å². The number of benzene rings is 1. The van der Waals surface area contributed by atoms with Gasteiger partial charge in [0.25, 0.3) is 0 Å². The predicted molar refractivity (Wildman–Crippen MR) is 139 cm³/mol. The fourth-order valence-electron chi connectivity index (χ4n) is 5.50. The Morgan fingerprint density at radius 3 is 2.53 bits per heavy atom. The summed E-state index contributed by atoms with van der Waals surface area (Å²) in [4.78, 5) is 28.8. The molecule has 1 aliphatic carbocycles. The van der Waals surface area contributed by atoms with Crippen LogP contribution in [0.15, 0.2) is 60.2 Å². The number of hydrogen-bond acceptors (Lipinski definition) is 4. The van der Waals surface area contributed by atoms with Gasteiger partial charge in [0.2, 0.25) is 0 Å². The SMILES string of the molecule is C=C(C)/C(C)=C/C(=C\C)CN1CCC(c2ccc3c(c2)CN(C2CCC(=O)CC2=O)C3=C)CC1. The van der Waals surface area contributed by atoms with E-state index >= 15 is 0 Å². The summed E-state index contributed by atoms with van der Waals surface area (Å²) in [6.45, 7) is 18.6. The van der Waals surface area contributed by atoms with Gasteiger partial charge >= 0.3 is 0 Å². The largest absolute Gasteiger partial charge is 0.357 e. The van der Waals surface area contributed by atoms with Crippen LogP contribution in [-0.2, 0) is 16.1 Å². The van der Waals surface area contributed by atoms with Gasteiger partial charge in [-0.3, -0.25) is 14.5 Å². The summed E-state index contributed by atoms with van der Waals surface area (Å²) in [5, 5.41) is 0. The lowest BCUT2D eigenvalue weighted by Crippen LogP contribution is -2.41. The molecule has 180 valence electrons. The average molecular weight is 459 g/mol. The Hall–Kier alpha value is -2.72. The van der Waals surface area contributed by atoms with Gasteiger partial charge in [0.15, 0.2) is 5.78 Å². The normalized spacial score (nSPS) is 23.0. The van der Waals surface area contributed by atoms with Crippen molar-refractivity contribution in [3.8, 4) is 0 Å². The molecule has 0 bridgehead atoms. The van der Waals surface area contributed by atoms with E-state index in [1.165, 1.54) is 22.3 Å². The van der Waals surface area contributed by atoms with Crippen molar-refractivity contribution in [2.45, 2.75) is 71.4 Å². The van der Waals surface area contributed by atoms with E-state index in [0.717, 1.165) is 55.9 Å². The topological polar surface area (TPSA) is 40.6 Å². The molecule has 1 aromatic rings. The summed E-state index contributed by atoms with van der Waals surface area (Å²) in [7, 11) is 0. The highest BCUT2D eigenvalue weighted by Gasteiger charge is 2.36. The average Bonchev–Trinajstić information content (AvgIpc) is 3.14. The first-order valence-electron chi connectivity index (χ1n) is 12.6. The number of ketones is 2. The Morgan fingerprint density at radius 1 is 1.15 bits per heavy atom. The van der Waals surface area contributed by atoms with Gasteiger partial charge in [-0.25, -0.2) is 0 Å². The van der Waals surface area contributed by atoms with E-state index in [1.54, 1.807) is 0 Å². The molecule has 0 amide bonds. The van der Waals surface area contributed by atoms with Crippen molar-refractivity contribution in [1.82, 2.24) is 9.80 Å². The lowest BCUT2D eigenvalue weighted by Gasteiger charge is -2.32. The highest BCUT2D eigenvalue weighted by Crippen LogP contribution is 2.38. The summed E-state index contributed by atoms with van der Waals surface area (Å²) < 4.78 is 0. The van der Waals surface area contributed by atoms with Crippen molar-refractivity contribution in [3.63, 3.8) is 0 Å². The van der Waals surface area contributed by atoms with Crippen LogP contribution in [0.1, 0.15) is 75.5 Å². The van der Waals surface area contributed by atoms with Crippen LogP contribution >= 0.6 is 0 Å². The van der Waals surface area contributed by atoms with Crippen molar-refractivity contribution in [2.24, 2.45) is 0 Å². The van der Waals surface area contributed by atoms with Gasteiger partial charge in [-0.05, 0) is 81.3 Å². The summed E-state index contributed by atoms with van der Waals surface area (Å²) in [6.07, 6.45) is 7.99. The van der Waals surface area contributed by atoms with Crippen molar-refractivity contribution < 1.29 is 9.59 Å². The van der Waals surface area contributed by atoms with Gasteiger partial charge in [0, 0.05) is 30.8 Å². The minimum Gasteiger partial charge on any atom is -0.357 e. The van der Waals surface area contributed by atoms with E-state index in [9.17, 15) is 9.59 Å². The first kappa shape index (κ1) is 24.4.